The number of nitrogens with zero attached hydrogens (tertiary/aromatic N) is 1. The number of hydrogen-bond donors (Lipinski definition) is 0. The van der Waals surface area contributed by atoms with Crippen LogP contribution < -0.4 is 0 Å². The lowest BCUT2D eigenvalue weighted by molar-refractivity contribution is -0.132. The highest BCUT2D eigenvalue weighted by Crippen LogP contribution is 2.36. The van der Waals surface area contributed by atoms with Crippen LogP contribution in [0.25, 0.3) is 0 Å². The molecule has 2 fully saturated rings. The first-order valence-electron chi connectivity index (χ1n) is 6.32. The zero-order valence-corrected chi connectivity index (χ0v) is 10.3. The van der Waals surface area contributed by atoms with Gasteiger partial charge in [-0.25, -0.2) is 0 Å². The van der Waals surface area contributed by atoms with Crippen LogP contribution in [0.4, 0.5) is 0 Å². The molecule has 1 aliphatic carbocycles. The maximum absolute atomic E-state index is 12.1. The summed E-state index contributed by atoms with van der Waals surface area (Å²) < 4.78 is 0. The summed E-state index contributed by atoms with van der Waals surface area (Å²) in [5.41, 5.74) is -0.128. The quantitative estimate of drug-likeness (QED) is 0.661. The van der Waals surface area contributed by atoms with Gasteiger partial charge in [0.25, 0.3) is 0 Å². The molecule has 15 heavy (non-hydrogen) atoms. The predicted molar refractivity (Wildman–Crippen MR) is 61.8 cm³/mol. The van der Waals surface area contributed by atoms with Gasteiger partial charge in [0.15, 0.2) is 5.78 Å². The molecule has 1 heterocycles. The molecule has 0 spiro atoms. The van der Waals surface area contributed by atoms with Gasteiger partial charge in [0, 0.05) is 19.5 Å². The number of carbonyl (C=O) groups excluding carboxylic acids is 1. The minimum absolute atomic E-state index is 0.128. The van der Waals surface area contributed by atoms with Crippen molar-refractivity contribution in [2.24, 2.45) is 11.8 Å². The molecule has 0 radical (unpaired) electrons. The molecule has 1 aliphatic heterocycles. The molecule has 2 unspecified atom stereocenters. The average molecular weight is 209 g/mol. The Labute approximate surface area is 93.0 Å². The van der Waals surface area contributed by atoms with Gasteiger partial charge >= 0.3 is 0 Å². The summed E-state index contributed by atoms with van der Waals surface area (Å²) >= 11 is 0. The van der Waals surface area contributed by atoms with E-state index in [0.29, 0.717) is 5.78 Å². The van der Waals surface area contributed by atoms with Gasteiger partial charge in [-0.3, -0.25) is 9.69 Å². The third kappa shape index (κ3) is 1.84. The molecule has 2 heteroatoms. The molecule has 1 saturated carbocycles. The Hall–Kier alpha value is -0.370. The van der Waals surface area contributed by atoms with Crippen LogP contribution in [0.1, 0.15) is 46.5 Å². The van der Waals surface area contributed by atoms with Crippen LogP contribution in [0.3, 0.4) is 0 Å². The van der Waals surface area contributed by atoms with Crippen molar-refractivity contribution in [1.82, 2.24) is 4.90 Å². The Morgan fingerprint density at radius 2 is 1.80 bits per heavy atom. The average Bonchev–Trinajstić information content (AvgIpc) is 2.53. The highest BCUT2D eigenvalue weighted by molar-refractivity contribution is 5.88. The van der Waals surface area contributed by atoms with Crippen LogP contribution in [0, 0.1) is 11.8 Å². The predicted octanol–water partition coefficient (Wildman–Crippen LogP) is 2.48. The van der Waals surface area contributed by atoms with E-state index in [9.17, 15) is 4.79 Å². The first-order chi connectivity index (χ1) is 7.04. The lowest BCUT2D eigenvalue weighted by Crippen LogP contribution is -2.53. The van der Waals surface area contributed by atoms with Gasteiger partial charge in [-0.05, 0) is 31.6 Å². The van der Waals surface area contributed by atoms with Crippen molar-refractivity contribution >= 4 is 5.78 Å². The van der Waals surface area contributed by atoms with Crippen molar-refractivity contribution in [2.75, 3.05) is 13.1 Å². The fraction of sp³-hybridized carbons (Fsp3) is 0.923. The molecule has 86 valence electrons. The van der Waals surface area contributed by atoms with Crippen molar-refractivity contribution in [1.29, 1.82) is 0 Å². The van der Waals surface area contributed by atoms with Crippen LogP contribution in [0.5, 0.6) is 0 Å². The summed E-state index contributed by atoms with van der Waals surface area (Å²) in [5.74, 6) is 1.98. The molecule has 3 atom stereocenters. The summed E-state index contributed by atoms with van der Waals surface area (Å²) in [4.78, 5) is 14.5. The van der Waals surface area contributed by atoms with Gasteiger partial charge < -0.3 is 0 Å². The van der Waals surface area contributed by atoms with Crippen LogP contribution >= 0.6 is 0 Å². The number of rotatable bonds is 1. The number of carbonyl (C=O) groups is 1. The lowest BCUT2D eigenvalue weighted by atomic mass is 9.81. The van der Waals surface area contributed by atoms with Gasteiger partial charge in [-0.15, -0.1) is 0 Å². The largest absolute Gasteiger partial charge is 0.298 e. The van der Waals surface area contributed by atoms with Gasteiger partial charge in [0.1, 0.15) is 0 Å². The second kappa shape index (κ2) is 3.89. The van der Waals surface area contributed by atoms with E-state index in [4.69, 9.17) is 0 Å². The molecule has 0 aromatic rings. The molecule has 0 amide bonds. The maximum Gasteiger partial charge on any atom is 0.152 e. The molecule has 1 saturated heterocycles. The van der Waals surface area contributed by atoms with E-state index in [1.165, 1.54) is 6.42 Å². The minimum Gasteiger partial charge on any atom is -0.298 e. The van der Waals surface area contributed by atoms with Crippen LogP contribution in [-0.4, -0.2) is 29.3 Å². The lowest BCUT2D eigenvalue weighted by Gasteiger charge is -2.40. The van der Waals surface area contributed by atoms with Crippen molar-refractivity contribution < 1.29 is 4.79 Å². The van der Waals surface area contributed by atoms with E-state index >= 15 is 0 Å². The number of Topliss-reactive ketones (excluding diaryl/α,β-unsaturated/α-hetero) is 1. The number of ketones is 1. The second-order valence-electron chi connectivity index (χ2n) is 5.76. The maximum atomic E-state index is 12.1. The summed E-state index contributed by atoms with van der Waals surface area (Å²) in [5, 5.41) is 0. The third-order valence-electron chi connectivity index (χ3n) is 4.60. The summed E-state index contributed by atoms with van der Waals surface area (Å²) in [6.45, 7) is 9.01. The van der Waals surface area contributed by atoms with Crippen molar-refractivity contribution in [3.8, 4) is 0 Å². The highest BCUT2D eigenvalue weighted by atomic mass is 16.1. The summed E-state index contributed by atoms with van der Waals surface area (Å²) in [7, 11) is 0. The van der Waals surface area contributed by atoms with E-state index in [-0.39, 0.29) is 5.54 Å². The van der Waals surface area contributed by atoms with E-state index in [0.717, 1.165) is 44.2 Å². The molecule has 2 nitrogen and oxygen atoms in total. The molecule has 0 aromatic carbocycles. The highest BCUT2D eigenvalue weighted by Gasteiger charge is 2.44. The fourth-order valence-corrected chi connectivity index (χ4v) is 3.03. The van der Waals surface area contributed by atoms with Gasteiger partial charge in [-0.2, -0.15) is 0 Å². The fourth-order valence-electron chi connectivity index (χ4n) is 3.03. The smallest absolute Gasteiger partial charge is 0.152 e. The van der Waals surface area contributed by atoms with Crippen LogP contribution in [0.2, 0.25) is 0 Å². The van der Waals surface area contributed by atoms with E-state index in [2.05, 4.69) is 25.7 Å². The molecular formula is C13H23NO. The van der Waals surface area contributed by atoms with Gasteiger partial charge in [0.2, 0.25) is 0 Å². The molecule has 0 aromatic heterocycles. The molecular weight excluding hydrogens is 186 g/mol. The zero-order chi connectivity index (χ0) is 11.1. The van der Waals surface area contributed by atoms with E-state index in [1.54, 1.807) is 0 Å². The Morgan fingerprint density at radius 1 is 1.20 bits per heavy atom. The Bertz CT molecular complexity index is 253. The zero-order valence-electron chi connectivity index (χ0n) is 10.3. The van der Waals surface area contributed by atoms with E-state index < -0.39 is 0 Å². The number of hydrogen-bond acceptors (Lipinski definition) is 2. The molecule has 0 N–H and O–H groups in total. The van der Waals surface area contributed by atoms with E-state index in [1.807, 2.05) is 0 Å². The molecule has 2 aliphatic rings. The molecule has 2 rings (SSSR count). The van der Waals surface area contributed by atoms with Crippen molar-refractivity contribution in [3.63, 3.8) is 0 Å². The normalized spacial score (nSPS) is 43.5. The standard InChI is InChI=1S/C13H23NO/c1-10-8-14(9-11(10)2)13(3)7-5-4-6-12(13)15/h10-11H,4-9H2,1-3H3/t10?,11?,13-/m0/s1. The third-order valence-corrected chi connectivity index (χ3v) is 4.60. The summed E-state index contributed by atoms with van der Waals surface area (Å²) in [6.07, 6.45) is 4.20. The first kappa shape index (κ1) is 11.1. The first-order valence-corrected chi connectivity index (χ1v) is 6.32. The molecule has 0 bridgehead atoms. The Balaban J connectivity index is 2.11. The van der Waals surface area contributed by atoms with Crippen LogP contribution in [0.15, 0.2) is 0 Å². The Kier molecular flexibility index (Phi) is 2.89. The number of likely N-dealkylation sites (tertiary alicyclic amines) is 1. The monoisotopic (exact) mass is 209 g/mol. The van der Waals surface area contributed by atoms with Crippen molar-refractivity contribution in [2.45, 2.75) is 52.0 Å². The second-order valence-corrected chi connectivity index (χ2v) is 5.76. The topological polar surface area (TPSA) is 20.3 Å². The Morgan fingerprint density at radius 3 is 2.33 bits per heavy atom. The van der Waals surface area contributed by atoms with Gasteiger partial charge in [0.05, 0.1) is 5.54 Å². The van der Waals surface area contributed by atoms with Crippen molar-refractivity contribution in [3.05, 3.63) is 0 Å². The van der Waals surface area contributed by atoms with Crippen LogP contribution in [-0.2, 0) is 4.79 Å². The SMILES string of the molecule is CC1CN([C@@]2(C)CCCCC2=O)CC1C. The van der Waals surface area contributed by atoms with Gasteiger partial charge in [-0.1, -0.05) is 20.3 Å². The summed E-state index contributed by atoms with van der Waals surface area (Å²) in [6, 6.07) is 0. The minimum atomic E-state index is -0.128.